The van der Waals surface area contributed by atoms with Gasteiger partial charge in [0, 0.05) is 33.2 Å². The quantitative estimate of drug-likeness (QED) is 0.216. The lowest BCUT2D eigenvalue weighted by Crippen LogP contribution is -2.46. The number of carbonyl (C=O) groups excluding carboxylic acids is 1. The number of rotatable bonds is 6. The monoisotopic (exact) mass is 546 g/mol. The van der Waals surface area contributed by atoms with Gasteiger partial charge in [-0.05, 0) is 43.0 Å². The highest BCUT2D eigenvalue weighted by atomic mass is 127. The van der Waals surface area contributed by atoms with E-state index in [1.165, 1.54) is 11.1 Å². The van der Waals surface area contributed by atoms with E-state index >= 15 is 0 Å². The first-order chi connectivity index (χ1) is 15.2. The van der Waals surface area contributed by atoms with E-state index in [2.05, 4.69) is 49.4 Å². The molecule has 0 bridgehead atoms. The third kappa shape index (κ3) is 5.59. The van der Waals surface area contributed by atoms with Gasteiger partial charge >= 0.3 is 0 Å². The Hall–Kier alpha value is -2.62. The minimum atomic E-state index is 0. The molecule has 4 rings (SSSR count). The van der Waals surface area contributed by atoms with Crippen LogP contribution in [0, 0.1) is 6.92 Å². The summed E-state index contributed by atoms with van der Waals surface area (Å²) in [6.45, 7) is 5.37. The number of imidazole rings is 1. The van der Waals surface area contributed by atoms with E-state index in [1.54, 1.807) is 7.05 Å². The standard InChI is InChI=1S/C24H30N6O.HI/c1-18-28-21-10-5-6-11-22(21)30(18)14-7-13-26-24(25-2)27-16-23(31)29-15-12-19-8-3-4-9-20(19)17-29;/h3-6,8-11H,7,12-17H2,1-2H3,(H2,25,26,27);1H. The van der Waals surface area contributed by atoms with Crippen LogP contribution in [0.15, 0.2) is 53.5 Å². The van der Waals surface area contributed by atoms with Crippen molar-refractivity contribution < 1.29 is 4.79 Å². The molecule has 2 heterocycles. The van der Waals surface area contributed by atoms with E-state index < -0.39 is 0 Å². The summed E-state index contributed by atoms with van der Waals surface area (Å²) in [6.07, 6.45) is 1.84. The summed E-state index contributed by atoms with van der Waals surface area (Å²) in [7, 11) is 1.73. The lowest BCUT2D eigenvalue weighted by atomic mass is 10.00. The van der Waals surface area contributed by atoms with E-state index in [0.717, 1.165) is 49.3 Å². The Morgan fingerprint density at radius 2 is 1.84 bits per heavy atom. The van der Waals surface area contributed by atoms with Gasteiger partial charge in [0.15, 0.2) is 5.96 Å². The van der Waals surface area contributed by atoms with Crippen molar-refractivity contribution in [1.29, 1.82) is 0 Å². The van der Waals surface area contributed by atoms with Gasteiger partial charge in [0.05, 0.1) is 17.6 Å². The number of hydrogen-bond acceptors (Lipinski definition) is 3. The van der Waals surface area contributed by atoms with Gasteiger partial charge in [-0.25, -0.2) is 4.98 Å². The van der Waals surface area contributed by atoms with E-state index in [-0.39, 0.29) is 36.4 Å². The number of hydrogen-bond donors (Lipinski definition) is 2. The zero-order valence-electron chi connectivity index (χ0n) is 18.7. The Kier molecular flexibility index (Phi) is 8.49. The van der Waals surface area contributed by atoms with Crippen molar-refractivity contribution in [2.75, 3.05) is 26.7 Å². The Morgan fingerprint density at radius 3 is 2.66 bits per heavy atom. The zero-order valence-corrected chi connectivity index (χ0v) is 21.0. The van der Waals surface area contributed by atoms with Crippen molar-refractivity contribution in [3.8, 4) is 0 Å². The first-order valence-electron chi connectivity index (χ1n) is 10.9. The summed E-state index contributed by atoms with van der Waals surface area (Å²) in [6, 6.07) is 16.6. The lowest BCUT2D eigenvalue weighted by molar-refractivity contribution is -0.130. The molecule has 0 saturated heterocycles. The molecule has 2 N–H and O–H groups in total. The van der Waals surface area contributed by atoms with Gasteiger partial charge in [0.25, 0.3) is 0 Å². The van der Waals surface area contributed by atoms with Crippen molar-refractivity contribution in [3.63, 3.8) is 0 Å². The number of nitrogens with one attached hydrogen (secondary N) is 2. The average molecular weight is 546 g/mol. The van der Waals surface area contributed by atoms with Crippen LogP contribution in [0.2, 0.25) is 0 Å². The second-order valence-corrected chi connectivity index (χ2v) is 7.84. The normalized spacial score (nSPS) is 13.4. The maximum atomic E-state index is 12.6. The van der Waals surface area contributed by atoms with Crippen LogP contribution < -0.4 is 10.6 Å². The van der Waals surface area contributed by atoms with Gasteiger partial charge in [0.1, 0.15) is 5.82 Å². The minimum Gasteiger partial charge on any atom is -0.356 e. The van der Waals surface area contributed by atoms with E-state index in [9.17, 15) is 4.79 Å². The predicted octanol–water partition coefficient (Wildman–Crippen LogP) is 3.10. The summed E-state index contributed by atoms with van der Waals surface area (Å²) in [5, 5.41) is 6.46. The molecule has 0 radical (unpaired) electrons. The van der Waals surface area contributed by atoms with E-state index in [4.69, 9.17) is 0 Å². The summed E-state index contributed by atoms with van der Waals surface area (Å²) >= 11 is 0. The molecule has 2 aromatic carbocycles. The summed E-state index contributed by atoms with van der Waals surface area (Å²) in [5.41, 5.74) is 4.78. The molecule has 0 unspecified atom stereocenters. The number of nitrogens with zero attached hydrogens (tertiary/aromatic N) is 4. The van der Waals surface area contributed by atoms with Gasteiger partial charge < -0.3 is 20.1 Å². The molecule has 0 spiro atoms. The topological polar surface area (TPSA) is 74.5 Å². The average Bonchev–Trinajstić information content (AvgIpc) is 3.13. The molecule has 0 atom stereocenters. The van der Waals surface area contributed by atoms with Crippen molar-refractivity contribution in [1.82, 2.24) is 25.1 Å². The lowest BCUT2D eigenvalue weighted by Gasteiger charge is -2.29. The second kappa shape index (κ2) is 11.3. The highest BCUT2D eigenvalue weighted by Crippen LogP contribution is 2.18. The number of carbonyl (C=O) groups is 1. The van der Waals surface area contributed by atoms with Crippen molar-refractivity contribution in [3.05, 3.63) is 65.5 Å². The molecule has 1 aromatic heterocycles. The predicted molar refractivity (Wildman–Crippen MR) is 139 cm³/mol. The second-order valence-electron chi connectivity index (χ2n) is 7.84. The van der Waals surface area contributed by atoms with Crippen LogP contribution in [-0.4, -0.2) is 53.0 Å². The molecule has 1 aliphatic rings. The molecular weight excluding hydrogens is 515 g/mol. The first-order valence-corrected chi connectivity index (χ1v) is 10.9. The number of aromatic nitrogens is 2. The Balaban J connectivity index is 0.00000289. The van der Waals surface area contributed by atoms with Crippen LogP contribution in [0.25, 0.3) is 11.0 Å². The molecule has 3 aromatic rings. The number of para-hydroxylation sites is 2. The molecule has 0 fully saturated rings. The molecule has 8 heteroatoms. The number of amides is 1. The Bertz CT molecular complexity index is 1090. The van der Waals surface area contributed by atoms with Crippen LogP contribution in [0.4, 0.5) is 0 Å². The number of aryl methyl sites for hydroxylation is 2. The van der Waals surface area contributed by atoms with Crippen molar-refractivity contribution in [2.45, 2.75) is 32.9 Å². The Labute approximate surface area is 206 Å². The SMILES string of the molecule is CN=C(NCCCn1c(C)nc2ccccc21)NCC(=O)N1CCc2ccccc2C1.I. The third-order valence-corrected chi connectivity index (χ3v) is 5.81. The maximum Gasteiger partial charge on any atom is 0.242 e. The highest BCUT2D eigenvalue weighted by Gasteiger charge is 2.20. The van der Waals surface area contributed by atoms with Crippen LogP contribution in [0.3, 0.4) is 0 Å². The summed E-state index contributed by atoms with van der Waals surface area (Å²) < 4.78 is 2.24. The molecule has 7 nitrogen and oxygen atoms in total. The molecule has 32 heavy (non-hydrogen) atoms. The van der Waals surface area contributed by atoms with E-state index in [0.29, 0.717) is 12.5 Å². The largest absolute Gasteiger partial charge is 0.356 e. The number of halogens is 1. The maximum absolute atomic E-state index is 12.6. The van der Waals surface area contributed by atoms with Gasteiger partial charge in [-0.15, -0.1) is 24.0 Å². The van der Waals surface area contributed by atoms with Crippen LogP contribution in [0.5, 0.6) is 0 Å². The summed E-state index contributed by atoms with van der Waals surface area (Å²) in [5.74, 6) is 1.77. The van der Waals surface area contributed by atoms with E-state index in [1.807, 2.05) is 36.1 Å². The van der Waals surface area contributed by atoms with Crippen LogP contribution in [0.1, 0.15) is 23.4 Å². The highest BCUT2D eigenvalue weighted by molar-refractivity contribution is 14.0. The number of benzene rings is 2. The first kappa shape index (κ1) is 24.0. The Morgan fingerprint density at radius 1 is 1.09 bits per heavy atom. The fourth-order valence-electron chi connectivity index (χ4n) is 4.12. The fraction of sp³-hybridized carbons (Fsp3) is 0.375. The molecular formula is C24H31IN6O. The fourth-order valence-corrected chi connectivity index (χ4v) is 4.12. The molecule has 0 saturated carbocycles. The van der Waals surface area contributed by atoms with Gasteiger partial charge in [0.2, 0.25) is 5.91 Å². The molecule has 1 aliphatic heterocycles. The zero-order chi connectivity index (χ0) is 21.6. The van der Waals surface area contributed by atoms with Crippen LogP contribution in [-0.2, 0) is 24.3 Å². The van der Waals surface area contributed by atoms with Crippen molar-refractivity contribution in [2.24, 2.45) is 4.99 Å². The van der Waals surface area contributed by atoms with Gasteiger partial charge in [-0.2, -0.15) is 0 Å². The number of aliphatic imine (C=N–C) groups is 1. The number of fused-ring (bicyclic) bond motifs is 2. The number of guanidine groups is 1. The molecule has 0 aliphatic carbocycles. The third-order valence-electron chi connectivity index (χ3n) is 5.81. The minimum absolute atomic E-state index is 0. The van der Waals surface area contributed by atoms with Crippen LogP contribution >= 0.6 is 24.0 Å². The molecule has 170 valence electrons. The smallest absolute Gasteiger partial charge is 0.242 e. The van der Waals surface area contributed by atoms with Gasteiger partial charge in [-0.3, -0.25) is 9.79 Å². The summed E-state index contributed by atoms with van der Waals surface area (Å²) in [4.78, 5) is 23.4. The molecule has 1 amide bonds. The van der Waals surface area contributed by atoms with Gasteiger partial charge in [-0.1, -0.05) is 36.4 Å². The van der Waals surface area contributed by atoms with Crippen molar-refractivity contribution >= 4 is 46.9 Å².